The summed E-state index contributed by atoms with van der Waals surface area (Å²) in [6.07, 6.45) is 5.17. The second-order valence-electron chi connectivity index (χ2n) is 8.78. The highest BCUT2D eigenvalue weighted by atomic mass is 16.7. The van der Waals surface area contributed by atoms with E-state index in [2.05, 4.69) is 46.2 Å². The Labute approximate surface area is 183 Å². The molecule has 0 aliphatic carbocycles. The van der Waals surface area contributed by atoms with E-state index in [-0.39, 0.29) is 6.10 Å². The summed E-state index contributed by atoms with van der Waals surface area (Å²) >= 11 is 0. The lowest BCUT2D eigenvalue weighted by Crippen LogP contribution is -2.43. The monoisotopic (exact) mass is 422 g/mol. The number of rotatable bonds is 7. The molecule has 1 aromatic carbocycles. The van der Waals surface area contributed by atoms with Gasteiger partial charge in [0.15, 0.2) is 0 Å². The number of allylic oxidation sites excluding steroid dienone is 2. The Kier molecular flexibility index (Phi) is 6.87. The van der Waals surface area contributed by atoms with Gasteiger partial charge in [-0.05, 0) is 42.3 Å². The molecule has 3 atom stereocenters. The lowest BCUT2D eigenvalue weighted by Gasteiger charge is -2.36. The van der Waals surface area contributed by atoms with Crippen LogP contribution in [0.1, 0.15) is 40.2 Å². The highest BCUT2D eigenvalue weighted by Crippen LogP contribution is 2.40. The first-order valence-corrected chi connectivity index (χ1v) is 10.7. The van der Waals surface area contributed by atoms with Gasteiger partial charge in [-0.3, -0.25) is 14.3 Å². The third kappa shape index (κ3) is 4.83. The van der Waals surface area contributed by atoms with Crippen LogP contribution in [0.5, 0.6) is 0 Å². The fourth-order valence-electron chi connectivity index (χ4n) is 3.91. The molecule has 7 heteroatoms. The molecular weight excluding hydrogens is 391 g/mol. The molecule has 0 bridgehead atoms. The first-order valence-electron chi connectivity index (χ1n) is 10.7. The standard InChI is InChI=1S/C24H31BN2O4/c1-7-8-17(4)24(6)22(18(5)16(2)3)30-25(31-24)20-11-9-19(10-12-20)15-27-14-13-21(28)26-23(27)29/h7-14,16,18,22H,1,15H2,2-6H3,(H,26,28,29)/b17-8+. The first-order chi connectivity index (χ1) is 14.7. The van der Waals surface area contributed by atoms with Crippen molar-refractivity contribution < 1.29 is 9.31 Å². The van der Waals surface area contributed by atoms with Crippen LogP contribution in [0.2, 0.25) is 0 Å². The molecule has 0 radical (unpaired) electrons. The van der Waals surface area contributed by atoms with Crippen LogP contribution >= 0.6 is 0 Å². The Hall–Kier alpha value is -2.64. The highest BCUT2D eigenvalue weighted by molar-refractivity contribution is 6.62. The van der Waals surface area contributed by atoms with Crippen LogP contribution in [0, 0.1) is 11.8 Å². The molecule has 1 aliphatic heterocycles. The van der Waals surface area contributed by atoms with Gasteiger partial charge in [-0.25, -0.2) is 4.79 Å². The molecule has 6 nitrogen and oxygen atoms in total. The van der Waals surface area contributed by atoms with E-state index in [9.17, 15) is 9.59 Å². The fourth-order valence-corrected chi connectivity index (χ4v) is 3.91. The van der Waals surface area contributed by atoms with E-state index < -0.39 is 24.0 Å². The number of aromatic nitrogens is 2. The van der Waals surface area contributed by atoms with Crippen molar-refractivity contribution >= 4 is 12.6 Å². The molecule has 0 saturated carbocycles. The van der Waals surface area contributed by atoms with Gasteiger partial charge < -0.3 is 9.31 Å². The van der Waals surface area contributed by atoms with Crippen molar-refractivity contribution in [3.8, 4) is 0 Å². The summed E-state index contributed by atoms with van der Waals surface area (Å²) < 4.78 is 14.4. The third-order valence-electron chi connectivity index (χ3n) is 6.35. The van der Waals surface area contributed by atoms with Crippen molar-refractivity contribution in [2.45, 2.75) is 52.9 Å². The molecule has 1 aromatic heterocycles. The molecule has 2 heterocycles. The summed E-state index contributed by atoms with van der Waals surface area (Å²) in [6.45, 7) is 14.9. The van der Waals surface area contributed by atoms with Gasteiger partial charge in [-0.2, -0.15) is 0 Å². The number of nitrogens with one attached hydrogen (secondary N) is 1. The van der Waals surface area contributed by atoms with Gasteiger partial charge in [-0.1, -0.05) is 63.8 Å². The van der Waals surface area contributed by atoms with E-state index in [0.29, 0.717) is 18.4 Å². The predicted molar refractivity (Wildman–Crippen MR) is 125 cm³/mol. The maximum absolute atomic E-state index is 11.9. The van der Waals surface area contributed by atoms with Gasteiger partial charge >= 0.3 is 12.8 Å². The summed E-state index contributed by atoms with van der Waals surface area (Å²) in [5, 5.41) is 0. The van der Waals surface area contributed by atoms with E-state index in [1.165, 1.54) is 16.8 Å². The molecule has 1 N–H and O–H groups in total. The second-order valence-corrected chi connectivity index (χ2v) is 8.78. The molecule has 3 unspecified atom stereocenters. The number of benzene rings is 1. The van der Waals surface area contributed by atoms with Crippen LogP contribution < -0.4 is 16.7 Å². The number of nitrogens with zero attached hydrogens (tertiary/aromatic N) is 1. The van der Waals surface area contributed by atoms with Gasteiger partial charge in [0, 0.05) is 12.3 Å². The quantitative estimate of drug-likeness (QED) is 0.550. The van der Waals surface area contributed by atoms with Crippen molar-refractivity contribution in [2.24, 2.45) is 11.8 Å². The average Bonchev–Trinajstić information content (AvgIpc) is 3.09. The SMILES string of the molecule is C=C/C=C(\C)C1(C)OB(c2ccc(Cn3ccc(=O)[nH]c3=O)cc2)OC1C(C)C(C)C. The first kappa shape index (κ1) is 23.0. The van der Waals surface area contributed by atoms with Crippen LogP contribution in [0.4, 0.5) is 0 Å². The minimum absolute atomic E-state index is 0.0897. The van der Waals surface area contributed by atoms with Crippen molar-refractivity contribution in [2.75, 3.05) is 0 Å². The average molecular weight is 422 g/mol. The van der Waals surface area contributed by atoms with Crippen LogP contribution in [0.25, 0.3) is 0 Å². The van der Waals surface area contributed by atoms with E-state index >= 15 is 0 Å². The lowest BCUT2D eigenvalue weighted by molar-refractivity contribution is 0.0371. The van der Waals surface area contributed by atoms with E-state index in [1.807, 2.05) is 30.3 Å². The highest BCUT2D eigenvalue weighted by Gasteiger charge is 2.52. The van der Waals surface area contributed by atoms with Crippen LogP contribution in [0.15, 0.2) is 70.4 Å². The zero-order chi connectivity index (χ0) is 22.8. The molecule has 1 fully saturated rings. The van der Waals surface area contributed by atoms with Crippen molar-refractivity contribution in [3.05, 3.63) is 87.2 Å². The van der Waals surface area contributed by atoms with Crippen LogP contribution in [-0.2, 0) is 15.9 Å². The Morgan fingerprint density at radius 1 is 1.26 bits per heavy atom. The van der Waals surface area contributed by atoms with Crippen molar-refractivity contribution in [3.63, 3.8) is 0 Å². The van der Waals surface area contributed by atoms with Crippen molar-refractivity contribution in [1.29, 1.82) is 0 Å². The van der Waals surface area contributed by atoms with Gasteiger partial charge in [0.25, 0.3) is 5.56 Å². The van der Waals surface area contributed by atoms with Gasteiger partial charge in [0.05, 0.1) is 18.2 Å². The summed E-state index contributed by atoms with van der Waals surface area (Å²) in [7, 11) is -0.478. The fraction of sp³-hybridized carbons (Fsp3) is 0.417. The van der Waals surface area contributed by atoms with E-state index in [1.54, 1.807) is 6.08 Å². The maximum atomic E-state index is 11.9. The molecule has 0 spiro atoms. The van der Waals surface area contributed by atoms with Crippen molar-refractivity contribution in [1.82, 2.24) is 9.55 Å². The number of hydrogen-bond acceptors (Lipinski definition) is 4. The molecule has 164 valence electrons. The summed E-state index contributed by atoms with van der Waals surface area (Å²) in [5.74, 6) is 0.746. The predicted octanol–water partition coefficient (Wildman–Crippen LogP) is 2.88. The Balaban J connectivity index is 1.83. The molecule has 1 saturated heterocycles. The summed E-state index contributed by atoms with van der Waals surface area (Å²) in [6, 6.07) is 9.16. The van der Waals surface area contributed by atoms with Gasteiger partial charge in [0.2, 0.25) is 0 Å². The molecule has 3 rings (SSSR count). The number of hydrogen-bond donors (Lipinski definition) is 1. The smallest absolute Gasteiger partial charge is 0.401 e. The summed E-state index contributed by atoms with van der Waals surface area (Å²) in [5.41, 5.74) is 1.56. The Morgan fingerprint density at radius 2 is 1.94 bits per heavy atom. The van der Waals surface area contributed by atoms with E-state index in [4.69, 9.17) is 9.31 Å². The second kappa shape index (κ2) is 9.24. The van der Waals surface area contributed by atoms with Crippen LogP contribution in [-0.4, -0.2) is 28.4 Å². The minimum atomic E-state index is -0.551. The minimum Gasteiger partial charge on any atom is -0.401 e. The Bertz CT molecular complexity index is 1070. The van der Waals surface area contributed by atoms with E-state index in [0.717, 1.165) is 16.6 Å². The molecule has 2 aromatic rings. The van der Waals surface area contributed by atoms with Gasteiger partial charge in [0.1, 0.15) is 0 Å². The van der Waals surface area contributed by atoms with Crippen LogP contribution in [0.3, 0.4) is 0 Å². The normalized spacial score (nSPS) is 22.7. The zero-order valence-electron chi connectivity index (χ0n) is 18.9. The molecule has 31 heavy (non-hydrogen) atoms. The largest absolute Gasteiger partial charge is 0.494 e. The molecular formula is C24H31BN2O4. The number of H-pyrrole nitrogens is 1. The number of aromatic amines is 1. The molecule has 1 aliphatic rings. The maximum Gasteiger partial charge on any atom is 0.494 e. The Morgan fingerprint density at radius 3 is 2.52 bits per heavy atom. The summed E-state index contributed by atoms with van der Waals surface area (Å²) in [4.78, 5) is 25.4. The van der Waals surface area contributed by atoms with Gasteiger partial charge in [-0.15, -0.1) is 0 Å². The zero-order valence-corrected chi connectivity index (χ0v) is 18.9. The topological polar surface area (TPSA) is 73.3 Å². The lowest BCUT2D eigenvalue weighted by atomic mass is 9.78. The third-order valence-corrected chi connectivity index (χ3v) is 6.35. The molecule has 0 amide bonds.